The first-order valence-electron chi connectivity index (χ1n) is 7.04. The topological polar surface area (TPSA) is 40.5 Å². The molecule has 1 unspecified atom stereocenters. The molecule has 0 aromatic heterocycles. The van der Waals surface area contributed by atoms with Crippen LogP contribution in [0.25, 0.3) is 0 Å². The molecule has 3 heteroatoms. The molecule has 1 rings (SSSR count). The monoisotopic (exact) mass is 241 g/mol. The third-order valence-corrected chi connectivity index (χ3v) is 4.04. The number of aliphatic hydroxyl groups excluding tert-OH is 1. The molecule has 0 spiro atoms. The highest BCUT2D eigenvalue weighted by atomic mass is 16.3. The van der Waals surface area contributed by atoms with Crippen LogP contribution in [0.5, 0.6) is 0 Å². The van der Waals surface area contributed by atoms with Crippen LogP contribution in [-0.2, 0) is 4.79 Å². The van der Waals surface area contributed by atoms with Gasteiger partial charge in [0.05, 0.1) is 12.5 Å². The van der Waals surface area contributed by atoms with Gasteiger partial charge in [-0.05, 0) is 18.8 Å². The van der Waals surface area contributed by atoms with Crippen molar-refractivity contribution in [1.29, 1.82) is 0 Å². The van der Waals surface area contributed by atoms with Gasteiger partial charge in [-0.2, -0.15) is 0 Å². The first kappa shape index (κ1) is 14.5. The minimum atomic E-state index is -0.202. The van der Waals surface area contributed by atoms with Crippen molar-refractivity contribution in [2.24, 2.45) is 11.8 Å². The van der Waals surface area contributed by atoms with Crippen molar-refractivity contribution in [3.8, 4) is 0 Å². The summed E-state index contributed by atoms with van der Waals surface area (Å²) in [5.41, 5.74) is 0. The second-order valence-corrected chi connectivity index (χ2v) is 5.34. The molecule has 1 fully saturated rings. The Morgan fingerprint density at radius 2 is 2.00 bits per heavy atom. The van der Waals surface area contributed by atoms with Crippen molar-refractivity contribution >= 4 is 5.91 Å². The van der Waals surface area contributed by atoms with Gasteiger partial charge in [-0.25, -0.2) is 0 Å². The number of amides is 1. The molecular weight excluding hydrogens is 214 g/mol. The Bertz CT molecular complexity index is 220. The summed E-state index contributed by atoms with van der Waals surface area (Å²) in [6, 6.07) is 0. The standard InChI is InChI=1S/C14H27NO2/c1-3-13(11-16)14(17)15(2)10-9-12-7-5-4-6-8-12/h12-13,16H,3-11H2,1-2H3. The van der Waals surface area contributed by atoms with Crippen LogP contribution in [0.1, 0.15) is 51.9 Å². The minimum Gasteiger partial charge on any atom is -0.396 e. The van der Waals surface area contributed by atoms with E-state index in [9.17, 15) is 4.79 Å². The first-order valence-corrected chi connectivity index (χ1v) is 7.04. The molecule has 0 heterocycles. The number of rotatable bonds is 6. The van der Waals surface area contributed by atoms with E-state index in [1.54, 1.807) is 4.90 Å². The molecule has 0 aromatic rings. The van der Waals surface area contributed by atoms with Crippen molar-refractivity contribution in [3.63, 3.8) is 0 Å². The molecule has 1 amide bonds. The first-order chi connectivity index (χ1) is 8.19. The van der Waals surface area contributed by atoms with Crippen LogP contribution in [-0.4, -0.2) is 36.1 Å². The van der Waals surface area contributed by atoms with Crippen LogP contribution < -0.4 is 0 Å². The maximum absolute atomic E-state index is 11.9. The summed E-state index contributed by atoms with van der Waals surface area (Å²) >= 11 is 0. The van der Waals surface area contributed by atoms with Crippen LogP contribution in [0.2, 0.25) is 0 Å². The molecule has 17 heavy (non-hydrogen) atoms. The number of aliphatic hydroxyl groups is 1. The average molecular weight is 241 g/mol. The van der Waals surface area contributed by atoms with Gasteiger partial charge in [0.1, 0.15) is 0 Å². The lowest BCUT2D eigenvalue weighted by Gasteiger charge is -2.26. The lowest BCUT2D eigenvalue weighted by Crippen LogP contribution is -2.35. The zero-order valence-electron chi connectivity index (χ0n) is 11.3. The number of hydrogen-bond donors (Lipinski definition) is 1. The van der Waals surface area contributed by atoms with Crippen molar-refractivity contribution in [2.75, 3.05) is 20.2 Å². The third-order valence-electron chi connectivity index (χ3n) is 4.04. The normalized spacial score (nSPS) is 19.0. The van der Waals surface area contributed by atoms with E-state index in [1.165, 1.54) is 32.1 Å². The maximum atomic E-state index is 11.9. The largest absolute Gasteiger partial charge is 0.396 e. The molecule has 0 radical (unpaired) electrons. The fourth-order valence-corrected chi connectivity index (χ4v) is 2.66. The minimum absolute atomic E-state index is 0.0247. The van der Waals surface area contributed by atoms with Crippen LogP contribution in [0.4, 0.5) is 0 Å². The van der Waals surface area contributed by atoms with Crippen LogP contribution in [0.15, 0.2) is 0 Å². The molecule has 1 aliphatic rings. The van der Waals surface area contributed by atoms with Crippen molar-refractivity contribution < 1.29 is 9.90 Å². The van der Waals surface area contributed by atoms with E-state index < -0.39 is 0 Å². The fraction of sp³-hybridized carbons (Fsp3) is 0.929. The Balaban J connectivity index is 2.27. The van der Waals surface area contributed by atoms with Crippen molar-refractivity contribution in [1.82, 2.24) is 4.90 Å². The quantitative estimate of drug-likeness (QED) is 0.776. The van der Waals surface area contributed by atoms with Gasteiger partial charge in [0.2, 0.25) is 5.91 Å². The highest BCUT2D eigenvalue weighted by Crippen LogP contribution is 2.26. The Labute approximate surface area is 105 Å². The van der Waals surface area contributed by atoms with Gasteiger partial charge in [-0.3, -0.25) is 4.79 Å². The molecule has 1 atom stereocenters. The van der Waals surface area contributed by atoms with Crippen LogP contribution in [0.3, 0.4) is 0 Å². The number of nitrogens with zero attached hydrogens (tertiary/aromatic N) is 1. The molecule has 1 saturated carbocycles. The van der Waals surface area contributed by atoms with E-state index in [-0.39, 0.29) is 18.4 Å². The molecular formula is C14H27NO2. The van der Waals surface area contributed by atoms with Gasteiger partial charge in [0, 0.05) is 13.6 Å². The Morgan fingerprint density at radius 3 is 2.53 bits per heavy atom. The van der Waals surface area contributed by atoms with Crippen molar-refractivity contribution in [2.45, 2.75) is 51.9 Å². The van der Waals surface area contributed by atoms with Crippen LogP contribution >= 0.6 is 0 Å². The summed E-state index contributed by atoms with van der Waals surface area (Å²) in [6.45, 7) is 2.77. The molecule has 0 saturated heterocycles. The Morgan fingerprint density at radius 1 is 1.35 bits per heavy atom. The van der Waals surface area contributed by atoms with Gasteiger partial charge in [0.25, 0.3) is 0 Å². The summed E-state index contributed by atoms with van der Waals surface area (Å²) < 4.78 is 0. The second kappa shape index (κ2) is 7.70. The molecule has 100 valence electrons. The Hall–Kier alpha value is -0.570. The van der Waals surface area contributed by atoms with E-state index in [4.69, 9.17) is 5.11 Å². The molecule has 1 aliphatic carbocycles. The second-order valence-electron chi connectivity index (χ2n) is 5.34. The van der Waals surface area contributed by atoms with E-state index in [1.807, 2.05) is 14.0 Å². The molecule has 3 nitrogen and oxygen atoms in total. The average Bonchev–Trinajstić information content (AvgIpc) is 2.38. The Kier molecular flexibility index (Phi) is 6.56. The highest BCUT2D eigenvalue weighted by Gasteiger charge is 2.20. The maximum Gasteiger partial charge on any atom is 0.227 e. The molecule has 1 N–H and O–H groups in total. The third kappa shape index (κ3) is 4.66. The summed E-state index contributed by atoms with van der Waals surface area (Å²) in [4.78, 5) is 13.7. The molecule has 0 bridgehead atoms. The van der Waals surface area contributed by atoms with Gasteiger partial charge >= 0.3 is 0 Å². The zero-order valence-corrected chi connectivity index (χ0v) is 11.3. The predicted octanol–water partition coefficient (Wildman–Crippen LogP) is 2.43. The van der Waals surface area contributed by atoms with Gasteiger partial charge in [-0.15, -0.1) is 0 Å². The molecule has 0 aromatic carbocycles. The smallest absolute Gasteiger partial charge is 0.227 e. The van der Waals surface area contributed by atoms with Gasteiger partial charge in [-0.1, -0.05) is 39.0 Å². The van der Waals surface area contributed by atoms with E-state index in [2.05, 4.69) is 0 Å². The lowest BCUT2D eigenvalue weighted by molar-refractivity contribution is -0.135. The molecule has 0 aliphatic heterocycles. The predicted molar refractivity (Wildman–Crippen MR) is 69.7 cm³/mol. The summed E-state index contributed by atoms with van der Waals surface area (Å²) in [5.74, 6) is 0.713. The number of carbonyl (C=O) groups excluding carboxylic acids is 1. The summed E-state index contributed by atoms with van der Waals surface area (Å²) in [5, 5.41) is 9.11. The lowest BCUT2D eigenvalue weighted by atomic mass is 9.87. The summed E-state index contributed by atoms with van der Waals surface area (Å²) in [6.07, 6.45) is 8.62. The number of carbonyl (C=O) groups is 1. The number of hydrogen-bond acceptors (Lipinski definition) is 2. The zero-order chi connectivity index (χ0) is 12.7. The SMILES string of the molecule is CCC(CO)C(=O)N(C)CCC1CCCCC1. The van der Waals surface area contributed by atoms with E-state index in [0.29, 0.717) is 0 Å². The van der Waals surface area contributed by atoms with Gasteiger partial charge < -0.3 is 10.0 Å². The van der Waals surface area contributed by atoms with E-state index in [0.717, 1.165) is 25.3 Å². The van der Waals surface area contributed by atoms with Gasteiger partial charge in [0.15, 0.2) is 0 Å². The fourth-order valence-electron chi connectivity index (χ4n) is 2.66. The van der Waals surface area contributed by atoms with Crippen molar-refractivity contribution in [3.05, 3.63) is 0 Å². The van der Waals surface area contributed by atoms with E-state index >= 15 is 0 Å². The summed E-state index contributed by atoms with van der Waals surface area (Å²) in [7, 11) is 1.86. The highest BCUT2D eigenvalue weighted by molar-refractivity contribution is 5.78. The van der Waals surface area contributed by atoms with Crippen LogP contribution in [0, 0.1) is 11.8 Å².